The largest absolute Gasteiger partial charge is 0.316 e. The lowest BCUT2D eigenvalue weighted by atomic mass is 10.0. The van der Waals surface area contributed by atoms with E-state index in [4.69, 9.17) is 0 Å². The third kappa shape index (κ3) is 2.83. The molecule has 1 fully saturated rings. The normalized spacial score (nSPS) is 25.6. The monoisotopic (exact) mass is 185 g/mol. The Morgan fingerprint density at radius 1 is 1.75 bits per heavy atom. The van der Waals surface area contributed by atoms with E-state index in [0.29, 0.717) is 6.04 Å². The molecular weight excluding hydrogens is 166 g/mol. The smallest absolute Gasteiger partial charge is 0.0201 e. The second-order valence-corrected chi connectivity index (χ2v) is 4.66. The van der Waals surface area contributed by atoms with Crippen molar-refractivity contribution < 1.29 is 0 Å². The fourth-order valence-corrected chi connectivity index (χ4v) is 3.21. The van der Waals surface area contributed by atoms with Crippen LogP contribution in [0.15, 0.2) is 12.7 Å². The molecule has 2 unspecified atom stereocenters. The van der Waals surface area contributed by atoms with E-state index >= 15 is 0 Å². The molecule has 0 radical (unpaired) electrons. The maximum absolute atomic E-state index is 3.76. The summed E-state index contributed by atoms with van der Waals surface area (Å²) in [6.07, 6.45) is 7.21. The number of allylic oxidation sites excluding steroid dienone is 1. The van der Waals surface area contributed by atoms with Gasteiger partial charge in [-0.1, -0.05) is 6.08 Å². The van der Waals surface area contributed by atoms with E-state index in [-0.39, 0.29) is 0 Å². The van der Waals surface area contributed by atoms with E-state index in [1.807, 2.05) is 6.08 Å². The molecule has 70 valence electrons. The Labute approximate surface area is 80.0 Å². The van der Waals surface area contributed by atoms with Crippen LogP contribution in [0.1, 0.15) is 25.7 Å². The van der Waals surface area contributed by atoms with Crippen molar-refractivity contribution in [3.05, 3.63) is 12.7 Å². The van der Waals surface area contributed by atoms with Crippen molar-refractivity contribution in [1.29, 1.82) is 0 Å². The highest BCUT2D eigenvalue weighted by Gasteiger charge is 2.23. The van der Waals surface area contributed by atoms with Crippen molar-refractivity contribution in [2.24, 2.45) is 0 Å². The first kappa shape index (κ1) is 10.1. The van der Waals surface area contributed by atoms with Gasteiger partial charge in [-0.2, -0.15) is 11.8 Å². The average Bonchev–Trinajstić information content (AvgIpc) is 2.59. The van der Waals surface area contributed by atoms with Gasteiger partial charge in [0, 0.05) is 11.3 Å². The quantitative estimate of drug-likeness (QED) is 0.660. The van der Waals surface area contributed by atoms with Gasteiger partial charge in [-0.15, -0.1) is 6.58 Å². The van der Waals surface area contributed by atoms with Crippen LogP contribution in [0, 0.1) is 0 Å². The lowest BCUT2D eigenvalue weighted by Crippen LogP contribution is -2.34. The first-order valence-electron chi connectivity index (χ1n) is 4.78. The van der Waals surface area contributed by atoms with Crippen LogP contribution in [0.4, 0.5) is 0 Å². The summed E-state index contributed by atoms with van der Waals surface area (Å²) in [5.41, 5.74) is 0. The molecule has 0 aromatic carbocycles. The van der Waals surface area contributed by atoms with Crippen LogP contribution in [0.25, 0.3) is 0 Å². The summed E-state index contributed by atoms with van der Waals surface area (Å²) in [6, 6.07) is 0.704. The lowest BCUT2D eigenvalue weighted by Gasteiger charge is -2.21. The third-order valence-corrected chi connectivity index (χ3v) is 3.98. The van der Waals surface area contributed by atoms with Crippen molar-refractivity contribution in [3.8, 4) is 0 Å². The van der Waals surface area contributed by atoms with Gasteiger partial charge in [0.25, 0.3) is 0 Å². The maximum Gasteiger partial charge on any atom is 0.0201 e. The summed E-state index contributed by atoms with van der Waals surface area (Å²) in [5.74, 6) is 1.36. The molecule has 1 aliphatic heterocycles. The number of hydrogen-bond acceptors (Lipinski definition) is 2. The molecular formula is C10H19NS. The summed E-state index contributed by atoms with van der Waals surface area (Å²) in [4.78, 5) is 0. The van der Waals surface area contributed by atoms with Crippen molar-refractivity contribution in [1.82, 2.24) is 5.32 Å². The minimum Gasteiger partial charge on any atom is -0.316 e. The Kier molecular flexibility index (Phi) is 4.77. The van der Waals surface area contributed by atoms with E-state index in [2.05, 4.69) is 30.7 Å². The van der Waals surface area contributed by atoms with Gasteiger partial charge in [0.1, 0.15) is 0 Å². The summed E-state index contributed by atoms with van der Waals surface area (Å²) in [7, 11) is 2.08. The predicted molar refractivity (Wildman–Crippen MR) is 57.8 cm³/mol. The minimum atomic E-state index is 0.704. The SMILES string of the molecule is C=CCCC(NC)C1CCCS1. The Morgan fingerprint density at radius 3 is 3.08 bits per heavy atom. The first-order chi connectivity index (χ1) is 5.88. The Balaban J connectivity index is 2.27. The van der Waals surface area contributed by atoms with Crippen LogP contribution >= 0.6 is 11.8 Å². The molecule has 2 atom stereocenters. The van der Waals surface area contributed by atoms with Gasteiger partial charge in [0.2, 0.25) is 0 Å². The molecule has 1 heterocycles. The summed E-state index contributed by atoms with van der Waals surface area (Å²) in [6.45, 7) is 3.76. The van der Waals surface area contributed by atoms with E-state index < -0.39 is 0 Å². The molecule has 0 amide bonds. The van der Waals surface area contributed by atoms with Gasteiger partial charge in [-0.3, -0.25) is 0 Å². The molecule has 1 nitrogen and oxygen atoms in total. The molecule has 0 aromatic heterocycles. The molecule has 1 N–H and O–H groups in total. The molecule has 1 aliphatic rings. The zero-order chi connectivity index (χ0) is 8.81. The highest BCUT2D eigenvalue weighted by molar-refractivity contribution is 8.00. The predicted octanol–water partition coefficient (Wildman–Crippen LogP) is 2.44. The molecule has 0 spiro atoms. The van der Waals surface area contributed by atoms with Crippen molar-refractivity contribution in [3.63, 3.8) is 0 Å². The molecule has 0 saturated carbocycles. The van der Waals surface area contributed by atoms with E-state index in [0.717, 1.165) is 11.7 Å². The second-order valence-electron chi connectivity index (χ2n) is 3.31. The highest BCUT2D eigenvalue weighted by atomic mass is 32.2. The van der Waals surface area contributed by atoms with Crippen LogP contribution in [0.2, 0.25) is 0 Å². The van der Waals surface area contributed by atoms with Crippen LogP contribution in [-0.2, 0) is 0 Å². The van der Waals surface area contributed by atoms with Crippen LogP contribution in [-0.4, -0.2) is 24.1 Å². The van der Waals surface area contributed by atoms with Crippen molar-refractivity contribution in [2.45, 2.75) is 37.0 Å². The number of thioether (sulfide) groups is 1. The zero-order valence-corrected chi connectivity index (χ0v) is 8.70. The Hall–Kier alpha value is 0.0500. The third-order valence-electron chi connectivity index (χ3n) is 2.47. The number of nitrogens with one attached hydrogen (secondary N) is 1. The summed E-state index contributed by atoms with van der Waals surface area (Å²) >= 11 is 2.13. The highest BCUT2D eigenvalue weighted by Crippen LogP contribution is 2.30. The van der Waals surface area contributed by atoms with E-state index in [1.165, 1.54) is 25.0 Å². The standard InChI is InChI=1S/C10H19NS/c1-3-4-6-9(11-2)10-7-5-8-12-10/h3,9-11H,1,4-8H2,2H3. The van der Waals surface area contributed by atoms with Gasteiger partial charge in [0.05, 0.1) is 0 Å². The van der Waals surface area contributed by atoms with Gasteiger partial charge >= 0.3 is 0 Å². The van der Waals surface area contributed by atoms with E-state index in [9.17, 15) is 0 Å². The van der Waals surface area contributed by atoms with Crippen molar-refractivity contribution >= 4 is 11.8 Å². The zero-order valence-electron chi connectivity index (χ0n) is 7.88. The summed E-state index contributed by atoms with van der Waals surface area (Å²) < 4.78 is 0. The fourth-order valence-electron chi connectivity index (χ4n) is 1.73. The fraction of sp³-hybridized carbons (Fsp3) is 0.800. The van der Waals surface area contributed by atoms with Crippen molar-refractivity contribution in [2.75, 3.05) is 12.8 Å². The minimum absolute atomic E-state index is 0.704. The number of hydrogen-bond donors (Lipinski definition) is 1. The maximum atomic E-state index is 3.76. The first-order valence-corrected chi connectivity index (χ1v) is 5.83. The van der Waals surface area contributed by atoms with Gasteiger partial charge in [-0.25, -0.2) is 0 Å². The van der Waals surface area contributed by atoms with Crippen LogP contribution in [0.5, 0.6) is 0 Å². The number of rotatable bonds is 5. The molecule has 1 rings (SSSR count). The molecule has 0 aromatic rings. The Morgan fingerprint density at radius 2 is 2.58 bits per heavy atom. The van der Waals surface area contributed by atoms with Gasteiger partial charge in [-0.05, 0) is 38.5 Å². The molecule has 1 saturated heterocycles. The molecule has 2 heteroatoms. The lowest BCUT2D eigenvalue weighted by molar-refractivity contribution is 0.497. The van der Waals surface area contributed by atoms with Crippen LogP contribution < -0.4 is 5.32 Å². The molecule has 12 heavy (non-hydrogen) atoms. The van der Waals surface area contributed by atoms with Gasteiger partial charge in [0.15, 0.2) is 0 Å². The van der Waals surface area contributed by atoms with Gasteiger partial charge < -0.3 is 5.32 Å². The molecule has 0 aliphatic carbocycles. The van der Waals surface area contributed by atoms with Crippen LogP contribution in [0.3, 0.4) is 0 Å². The Bertz CT molecular complexity index is 130. The topological polar surface area (TPSA) is 12.0 Å². The summed E-state index contributed by atoms with van der Waals surface area (Å²) in [5, 5.41) is 4.27. The van der Waals surface area contributed by atoms with E-state index in [1.54, 1.807) is 0 Å². The second kappa shape index (κ2) is 5.65. The molecule has 0 bridgehead atoms. The average molecular weight is 185 g/mol.